The van der Waals surface area contributed by atoms with Gasteiger partial charge >= 0.3 is 11.9 Å². The summed E-state index contributed by atoms with van der Waals surface area (Å²) < 4.78 is 0. The molecule has 0 aromatic carbocycles. The van der Waals surface area contributed by atoms with Crippen LogP contribution in [0.15, 0.2) is 0 Å². The van der Waals surface area contributed by atoms with Crippen LogP contribution in [0.25, 0.3) is 0 Å². The van der Waals surface area contributed by atoms with Crippen LogP contribution in [0.4, 0.5) is 0 Å². The van der Waals surface area contributed by atoms with Gasteiger partial charge in [-0.2, -0.15) is 0 Å². The summed E-state index contributed by atoms with van der Waals surface area (Å²) in [5.41, 5.74) is 0. The molecule has 0 fully saturated rings. The molecule has 116 valence electrons. The molecule has 0 saturated heterocycles. The molecule has 0 saturated carbocycles. The van der Waals surface area contributed by atoms with Crippen molar-refractivity contribution in [3.05, 3.63) is 0 Å². The Morgan fingerprint density at radius 3 is 2.05 bits per heavy atom. The number of hydrogen-bond acceptors (Lipinski definition) is 3. The minimum absolute atomic E-state index is 0.0197. The second kappa shape index (κ2) is 9.34. The third kappa shape index (κ3) is 6.54. The van der Waals surface area contributed by atoms with Gasteiger partial charge in [0.15, 0.2) is 0 Å². The van der Waals surface area contributed by atoms with Gasteiger partial charge in [-0.05, 0) is 19.3 Å². The minimum Gasteiger partial charge on any atom is -0.481 e. The minimum atomic E-state index is -0.953. The van der Waals surface area contributed by atoms with Gasteiger partial charge in [-0.25, -0.2) is 0 Å². The van der Waals surface area contributed by atoms with E-state index >= 15 is 0 Å². The van der Waals surface area contributed by atoms with Crippen LogP contribution in [0.1, 0.15) is 46.5 Å². The number of hydrogen-bond donors (Lipinski definition) is 2. The van der Waals surface area contributed by atoms with Gasteiger partial charge in [0.25, 0.3) is 0 Å². The van der Waals surface area contributed by atoms with Crippen LogP contribution in [0, 0.1) is 11.8 Å². The van der Waals surface area contributed by atoms with E-state index in [-0.39, 0.29) is 24.8 Å². The summed E-state index contributed by atoms with van der Waals surface area (Å²) in [6, 6.07) is 0. The van der Waals surface area contributed by atoms with Crippen molar-refractivity contribution in [1.29, 1.82) is 0 Å². The molecule has 20 heavy (non-hydrogen) atoms. The molecule has 0 aliphatic carbocycles. The van der Waals surface area contributed by atoms with Crippen molar-refractivity contribution in [1.82, 2.24) is 4.90 Å². The fraction of sp³-hybridized carbons (Fsp3) is 0.786. The summed E-state index contributed by atoms with van der Waals surface area (Å²) in [5.74, 6) is -2.72. The third-order valence-electron chi connectivity index (χ3n) is 3.38. The average molecular weight is 287 g/mol. The Morgan fingerprint density at radius 1 is 1.10 bits per heavy atom. The Bertz CT molecular complexity index is 338. The molecule has 0 spiro atoms. The number of aliphatic carboxylic acids is 2. The van der Waals surface area contributed by atoms with Crippen LogP contribution in [0.3, 0.4) is 0 Å². The summed E-state index contributed by atoms with van der Waals surface area (Å²) in [5, 5.41) is 17.6. The molecule has 1 amide bonds. The number of carbonyl (C=O) groups is 3. The lowest BCUT2D eigenvalue weighted by Crippen LogP contribution is -2.41. The zero-order valence-corrected chi connectivity index (χ0v) is 12.5. The standard InChI is InChI=1S/C14H25NO5/c1-4-11(5-2)13(18)15(8-6-7-12(16)17)9-10(3)14(19)20/h10-11H,4-9H2,1-3H3,(H,16,17)(H,19,20). The molecule has 0 bridgehead atoms. The Balaban J connectivity index is 4.71. The van der Waals surface area contributed by atoms with E-state index in [1.807, 2.05) is 13.8 Å². The topological polar surface area (TPSA) is 94.9 Å². The van der Waals surface area contributed by atoms with Crippen LogP contribution in [-0.2, 0) is 14.4 Å². The van der Waals surface area contributed by atoms with Crippen molar-refractivity contribution in [3.8, 4) is 0 Å². The van der Waals surface area contributed by atoms with E-state index in [9.17, 15) is 14.4 Å². The van der Waals surface area contributed by atoms with Crippen molar-refractivity contribution in [2.75, 3.05) is 13.1 Å². The lowest BCUT2D eigenvalue weighted by molar-refractivity contribution is -0.145. The molecule has 2 N–H and O–H groups in total. The number of nitrogens with zero attached hydrogens (tertiary/aromatic N) is 1. The molecular weight excluding hydrogens is 262 g/mol. The molecule has 0 aliphatic rings. The zero-order valence-electron chi connectivity index (χ0n) is 12.5. The van der Waals surface area contributed by atoms with Crippen LogP contribution < -0.4 is 0 Å². The molecule has 0 heterocycles. The second-order valence-electron chi connectivity index (χ2n) is 5.03. The van der Waals surface area contributed by atoms with E-state index in [2.05, 4.69) is 0 Å². The van der Waals surface area contributed by atoms with Gasteiger partial charge < -0.3 is 15.1 Å². The molecule has 1 atom stereocenters. The normalized spacial score (nSPS) is 12.2. The number of carbonyl (C=O) groups excluding carboxylic acids is 1. The van der Waals surface area contributed by atoms with Crippen molar-refractivity contribution < 1.29 is 24.6 Å². The van der Waals surface area contributed by atoms with Gasteiger partial charge in [-0.3, -0.25) is 14.4 Å². The lowest BCUT2D eigenvalue weighted by Gasteiger charge is -2.28. The van der Waals surface area contributed by atoms with Gasteiger partial charge in [-0.1, -0.05) is 20.8 Å². The first kappa shape index (κ1) is 18.4. The highest BCUT2D eigenvalue weighted by Crippen LogP contribution is 2.14. The molecule has 0 aromatic heterocycles. The molecule has 1 unspecified atom stereocenters. The Morgan fingerprint density at radius 2 is 1.65 bits per heavy atom. The van der Waals surface area contributed by atoms with Gasteiger partial charge in [0.05, 0.1) is 5.92 Å². The number of amides is 1. The Kier molecular flexibility index (Phi) is 8.59. The van der Waals surface area contributed by atoms with Gasteiger partial charge in [0.2, 0.25) is 5.91 Å². The van der Waals surface area contributed by atoms with Crippen LogP contribution in [0.2, 0.25) is 0 Å². The lowest BCUT2D eigenvalue weighted by atomic mass is 10.0. The second-order valence-corrected chi connectivity index (χ2v) is 5.03. The summed E-state index contributed by atoms with van der Waals surface area (Å²) in [7, 11) is 0. The first-order chi connectivity index (χ1) is 9.33. The maximum atomic E-state index is 12.3. The van der Waals surface area contributed by atoms with E-state index in [1.54, 1.807) is 6.92 Å². The van der Waals surface area contributed by atoms with Gasteiger partial charge in [-0.15, -0.1) is 0 Å². The molecule has 0 aromatic rings. The monoisotopic (exact) mass is 287 g/mol. The molecule has 0 rings (SSSR count). The highest BCUT2D eigenvalue weighted by Gasteiger charge is 2.24. The molecule has 0 radical (unpaired) electrons. The van der Waals surface area contributed by atoms with E-state index in [0.29, 0.717) is 25.8 Å². The van der Waals surface area contributed by atoms with Crippen LogP contribution in [0.5, 0.6) is 0 Å². The number of rotatable bonds is 10. The number of carboxylic acids is 2. The van der Waals surface area contributed by atoms with Crippen LogP contribution in [-0.4, -0.2) is 46.0 Å². The van der Waals surface area contributed by atoms with Crippen molar-refractivity contribution >= 4 is 17.8 Å². The summed E-state index contributed by atoms with van der Waals surface area (Å²) in [6.45, 7) is 5.81. The van der Waals surface area contributed by atoms with Crippen molar-refractivity contribution in [3.63, 3.8) is 0 Å². The van der Waals surface area contributed by atoms with E-state index < -0.39 is 17.9 Å². The maximum absolute atomic E-state index is 12.3. The van der Waals surface area contributed by atoms with Crippen molar-refractivity contribution in [2.45, 2.75) is 46.5 Å². The molecule has 0 aliphatic heterocycles. The highest BCUT2D eigenvalue weighted by molar-refractivity contribution is 5.79. The maximum Gasteiger partial charge on any atom is 0.308 e. The van der Waals surface area contributed by atoms with Crippen molar-refractivity contribution in [2.24, 2.45) is 11.8 Å². The summed E-state index contributed by atoms with van der Waals surface area (Å²) >= 11 is 0. The molecule has 6 nitrogen and oxygen atoms in total. The first-order valence-electron chi connectivity index (χ1n) is 7.06. The van der Waals surface area contributed by atoms with Crippen LogP contribution >= 0.6 is 0 Å². The average Bonchev–Trinajstić information content (AvgIpc) is 2.38. The SMILES string of the molecule is CCC(CC)C(=O)N(CCCC(=O)O)CC(C)C(=O)O. The van der Waals surface area contributed by atoms with Gasteiger partial charge in [0.1, 0.15) is 0 Å². The predicted octanol–water partition coefficient (Wildman–Crippen LogP) is 1.84. The third-order valence-corrected chi connectivity index (χ3v) is 3.38. The quantitative estimate of drug-likeness (QED) is 0.639. The first-order valence-corrected chi connectivity index (χ1v) is 7.06. The Labute approximate surface area is 119 Å². The fourth-order valence-electron chi connectivity index (χ4n) is 2.02. The van der Waals surface area contributed by atoms with Gasteiger partial charge in [0, 0.05) is 25.4 Å². The summed E-state index contributed by atoms with van der Waals surface area (Å²) in [6.07, 6.45) is 1.72. The Hall–Kier alpha value is -1.59. The van der Waals surface area contributed by atoms with E-state index in [1.165, 1.54) is 4.90 Å². The molecular formula is C14H25NO5. The predicted molar refractivity (Wildman–Crippen MR) is 74.3 cm³/mol. The zero-order chi connectivity index (χ0) is 15.7. The highest BCUT2D eigenvalue weighted by atomic mass is 16.4. The van der Waals surface area contributed by atoms with E-state index in [4.69, 9.17) is 10.2 Å². The molecule has 6 heteroatoms. The number of carboxylic acid groups (broad SMARTS) is 2. The smallest absolute Gasteiger partial charge is 0.308 e. The van der Waals surface area contributed by atoms with E-state index in [0.717, 1.165) is 0 Å². The largest absolute Gasteiger partial charge is 0.481 e. The summed E-state index contributed by atoms with van der Waals surface area (Å²) in [4.78, 5) is 35.3. The fourth-order valence-corrected chi connectivity index (χ4v) is 2.02.